The molecule has 0 spiro atoms. The minimum atomic E-state index is -0.0950. The van der Waals surface area contributed by atoms with Crippen LogP contribution in [0.4, 0.5) is 0 Å². The van der Waals surface area contributed by atoms with Gasteiger partial charge in [0.2, 0.25) is 0 Å². The third-order valence-corrected chi connectivity index (χ3v) is 5.26. The van der Waals surface area contributed by atoms with E-state index in [0.717, 1.165) is 28.1 Å². The predicted octanol–water partition coefficient (Wildman–Crippen LogP) is 4.87. The van der Waals surface area contributed by atoms with Gasteiger partial charge in [-0.15, -0.1) is 0 Å². The summed E-state index contributed by atoms with van der Waals surface area (Å²) < 4.78 is 1.56. The van der Waals surface area contributed by atoms with Gasteiger partial charge in [0.25, 0.3) is 5.56 Å². The van der Waals surface area contributed by atoms with Crippen LogP contribution in [0.25, 0.3) is 16.8 Å². The van der Waals surface area contributed by atoms with Gasteiger partial charge in [0.1, 0.15) is 0 Å². The molecule has 5 aromatic rings. The van der Waals surface area contributed by atoms with E-state index in [0.29, 0.717) is 18.5 Å². The lowest BCUT2D eigenvalue weighted by Gasteiger charge is -2.05. The Kier molecular flexibility index (Phi) is 4.74. The Morgan fingerprint density at radius 1 is 0.733 bits per heavy atom. The third kappa shape index (κ3) is 3.55. The summed E-state index contributed by atoms with van der Waals surface area (Å²) in [5, 5.41) is 3.31. The van der Waals surface area contributed by atoms with Crippen molar-refractivity contribution in [2.75, 3.05) is 0 Å². The zero-order chi connectivity index (χ0) is 20.3. The van der Waals surface area contributed by atoms with E-state index in [4.69, 9.17) is 4.98 Å². The quantitative estimate of drug-likeness (QED) is 0.465. The SMILES string of the molecule is O=c1cc(Cc2ccccc2)nc2c(-c3ccccc3)c(Cc3ccccc3)[nH]n12. The van der Waals surface area contributed by atoms with Gasteiger partial charge < -0.3 is 0 Å². The van der Waals surface area contributed by atoms with Crippen molar-refractivity contribution in [1.29, 1.82) is 0 Å². The fourth-order valence-corrected chi connectivity index (χ4v) is 3.86. The monoisotopic (exact) mass is 391 g/mol. The van der Waals surface area contributed by atoms with Gasteiger partial charge in [0.15, 0.2) is 5.65 Å². The topological polar surface area (TPSA) is 50.2 Å². The smallest absolute Gasteiger partial charge is 0.272 e. The normalized spacial score (nSPS) is 11.1. The molecule has 0 amide bonds. The molecule has 3 aromatic carbocycles. The molecular formula is C26H21N3O. The van der Waals surface area contributed by atoms with Gasteiger partial charge in [-0.3, -0.25) is 9.89 Å². The number of aromatic nitrogens is 3. The first kappa shape index (κ1) is 18.1. The molecule has 0 saturated carbocycles. The largest absolute Gasteiger partial charge is 0.293 e. The van der Waals surface area contributed by atoms with Gasteiger partial charge in [0.05, 0.1) is 5.69 Å². The first-order chi connectivity index (χ1) is 14.8. The first-order valence-electron chi connectivity index (χ1n) is 10.0. The van der Waals surface area contributed by atoms with Crippen LogP contribution in [-0.2, 0) is 12.8 Å². The van der Waals surface area contributed by atoms with E-state index in [-0.39, 0.29) is 5.56 Å². The minimum absolute atomic E-state index is 0.0950. The number of benzene rings is 3. The molecule has 146 valence electrons. The maximum atomic E-state index is 12.9. The van der Waals surface area contributed by atoms with E-state index in [1.165, 1.54) is 5.56 Å². The molecule has 0 radical (unpaired) electrons. The number of fused-ring (bicyclic) bond motifs is 1. The lowest BCUT2D eigenvalue weighted by Crippen LogP contribution is -2.16. The van der Waals surface area contributed by atoms with E-state index >= 15 is 0 Å². The Morgan fingerprint density at radius 2 is 1.30 bits per heavy atom. The highest BCUT2D eigenvalue weighted by molar-refractivity contribution is 5.80. The average molecular weight is 391 g/mol. The predicted molar refractivity (Wildman–Crippen MR) is 120 cm³/mol. The number of nitrogens with one attached hydrogen (secondary N) is 1. The zero-order valence-corrected chi connectivity index (χ0v) is 16.5. The Hall–Kier alpha value is -3.92. The average Bonchev–Trinajstić information content (AvgIpc) is 3.14. The maximum absolute atomic E-state index is 12.9. The molecule has 0 atom stereocenters. The van der Waals surface area contributed by atoms with E-state index in [9.17, 15) is 4.79 Å². The van der Waals surface area contributed by atoms with Gasteiger partial charge in [-0.25, -0.2) is 9.50 Å². The van der Waals surface area contributed by atoms with Crippen LogP contribution in [0.3, 0.4) is 0 Å². The molecule has 2 aromatic heterocycles. The summed E-state index contributed by atoms with van der Waals surface area (Å²) in [6, 6.07) is 32.1. The van der Waals surface area contributed by atoms with Crippen LogP contribution in [0.15, 0.2) is 102 Å². The van der Waals surface area contributed by atoms with Crippen LogP contribution in [0.1, 0.15) is 22.5 Å². The third-order valence-electron chi connectivity index (χ3n) is 5.26. The standard InChI is InChI=1S/C26H21N3O/c30-24-18-22(16-19-10-4-1-5-11-19)27-26-25(21-14-8-3-9-15-21)23(28-29(24)26)17-20-12-6-2-7-13-20/h1-15,18,28H,16-17H2. The number of aromatic amines is 1. The molecule has 0 bridgehead atoms. The van der Waals surface area contributed by atoms with Crippen molar-refractivity contribution < 1.29 is 0 Å². The second kappa shape index (κ2) is 7.84. The van der Waals surface area contributed by atoms with E-state index in [2.05, 4.69) is 41.5 Å². The summed E-state index contributed by atoms with van der Waals surface area (Å²) in [7, 11) is 0. The number of H-pyrrole nitrogens is 1. The molecule has 5 rings (SSSR count). The Morgan fingerprint density at radius 3 is 1.93 bits per heavy atom. The highest BCUT2D eigenvalue weighted by Gasteiger charge is 2.17. The van der Waals surface area contributed by atoms with Gasteiger partial charge in [-0.2, -0.15) is 0 Å². The van der Waals surface area contributed by atoms with Gasteiger partial charge in [-0.05, 0) is 16.7 Å². The molecule has 0 unspecified atom stereocenters. The number of nitrogens with zero attached hydrogens (tertiary/aromatic N) is 2. The molecule has 30 heavy (non-hydrogen) atoms. The second-order valence-corrected chi connectivity index (χ2v) is 7.40. The van der Waals surface area contributed by atoms with Crippen molar-refractivity contribution in [1.82, 2.24) is 14.6 Å². The minimum Gasteiger partial charge on any atom is -0.293 e. The molecule has 2 heterocycles. The van der Waals surface area contributed by atoms with Crippen LogP contribution >= 0.6 is 0 Å². The van der Waals surface area contributed by atoms with E-state index in [1.807, 2.05) is 54.6 Å². The molecule has 0 aliphatic rings. The Bertz CT molecular complexity index is 1340. The molecule has 0 aliphatic heterocycles. The van der Waals surface area contributed by atoms with Crippen molar-refractivity contribution in [2.45, 2.75) is 12.8 Å². The number of hydrogen-bond donors (Lipinski definition) is 1. The lowest BCUT2D eigenvalue weighted by molar-refractivity contribution is 0.853. The van der Waals surface area contributed by atoms with Gasteiger partial charge in [0, 0.05) is 30.2 Å². The maximum Gasteiger partial charge on any atom is 0.272 e. The first-order valence-corrected chi connectivity index (χ1v) is 10.0. The fourth-order valence-electron chi connectivity index (χ4n) is 3.86. The summed E-state index contributed by atoms with van der Waals surface area (Å²) in [5.74, 6) is 0. The molecule has 4 nitrogen and oxygen atoms in total. The van der Waals surface area contributed by atoms with Gasteiger partial charge in [-0.1, -0.05) is 91.0 Å². The van der Waals surface area contributed by atoms with E-state index in [1.54, 1.807) is 10.6 Å². The fraction of sp³-hybridized carbons (Fsp3) is 0.0769. The lowest BCUT2D eigenvalue weighted by atomic mass is 10.0. The number of hydrogen-bond acceptors (Lipinski definition) is 2. The summed E-state index contributed by atoms with van der Waals surface area (Å²) in [6.07, 6.45) is 1.32. The summed E-state index contributed by atoms with van der Waals surface area (Å²) >= 11 is 0. The van der Waals surface area contributed by atoms with Crippen molar-refractivity contribution in [3.8, 4) is 11.1 Å². The Labute approximate surface area is 174 Å². The van der Waals surface area contributed by atoms with Crippen LogP contribution in [0.2, 0.25) is 0 Å². The molecule has 0 fully saturated rings. The summed E-state index contributed by atoms with van der Waals surface area (Å²) in [4.78, 5) is 17.8. The van der Waals surface area contributed by atoms with E-state index < -0.39 is 0 Å². The van der Waals surface area contributed by atoms with Gasteiger partial charge >= 0.3 is 0 Å². The summed E-state index contributed by atoms with van der Waals surface area (Å²) in [6.45, 7) is 0. The Balaban J connectivity index is 1.68. The van der Waals surface area contributed by atoms with Crippen molar-refractivity contribution in [3.05, 3.63) is 130 Å². The molecule has 1 N–H and O–H groups in total. The van der Waals surface area contributed by atoms with Crippen molar-refractivity contribution >= 4 is 5.65 Å². The zero-order valence-electron chi connectivity index (χ0n) is 16.5. The molecule has 0 saturated heterocycles. The highest BCUT2D eigenvalue weighted by atomic mass is 16.1. The summed E-state index contributed by atoms with van der Waals surface area (Å²) in [5.41, 5.74) is 6.67. The van der Waals surface area contributed by atoms with Crippen molar-refractivity contribution in [3.63, 3.8) is 0 Å². The molecule has 0 aliphatic carbocycles. The molecular weight excluding hydrogens is 370 g/mol. The highest BCUT2D eigenvalue weighted by Crippen LogP contribution is 2.28. The second-order valence-electron chi connectivity index (χ2n) is 7.40. The number of rotatable bonds is 5. The van der Waals surface area contributed by atoms with Crippen LogP contribution < -0.4 is 5.56 Å². The van der Waals surface area contributed by atoms with Crippen LogP contribution in [0, 0.1) is 0 Å². The van der Waals surface area contributed by atoms with Crippen LogP contribution in [0.5, 0.6) is 0 Å². The van der Waals surface area contributed by atoms with Crippen molar-refractivity contribution in [2.24, 2.45) is 0 Å². The van der Waals surface area contributed by atoms with Crippen LogP contribution in [-0.4, -0.2) is 14.6 Å². The molecule has 4 heteroatoms.